The van der Waals surface area contributed by atoms with Gasteiger partial charge in [0.15, 0.2) is 6.10 Å². The van der Waals surface area contributed by atoms with Gasteiger partial charge in [0.05, 0.1) is 21.7 Å². The van der Waals surface area contributed by atoms with Gasteiger partial charge < -0.3 is 23.7 Å². The number of rotatable bonds is 8. The molecule has 1 saturated heterocycles. The summed E-state index contributed by atoms with van der Waals surface area (Å²) in [6.45, 7) is 16.3. The van der Waals surface area contributed by atoms with Crippen LogP contribution in [0.2, 0.25) is 0 Å². The molecular formula is C27H43F3O12S. The first kappa shape index (κ1) is 38.6. The third-order valence-electron chi connectivity index (χ3n) is 5.64. The minimum Gasteiger partial charge on any atom is -0.462 e. The van der Waals surface area contributed by atoms with Crippen LogP contribution in [-0.4, -0.2) is 75.1 Å². The molecule has 0 spiro atoms. The van der Waals surface area contributed by atoms with Gasteiger partial charge in [0.1, 0.15) is 18.8 Å². The average Bonchev–Trinajstić information content (AvgIpc) is 3.09. The fourth-order valence-corrected chi connectivity index (χ4v) is 3.55. The third kappa shape index (κ3) is 10.6. The molecule has 0 unspecified atom stereocenters. The van der Waals surface area contributed by atoms with Crippen LogP contribution in [0, 0.1) is 21.7 Å². The summed E-state index contributed by atoms with van der Waals surface area (Å²) in [5.74, 6) is -3.72. The van der Waals surface area contributed by atoms with Crippen LogP contribution in [-0.2, 0) is 57.2 Å². The molecule has 1 heterocycles. The first-order valence-electron chi connectivity index (χ1n) is 13.3. The minimum absolute atomic E-state index is 0.907. The zero-order valence-electron chi connectivity index (χ0n) is 26.5. The molecule has 1 aliphatic heterocycles. The van der Waals surface area contributed by atoms with Gasteiger partial charge in [-0.05, 0) is 83.1 Å². The summed E-state index contributed by atoms with van der Waals surface area (Å²) in [5, 5.41) is 0. The van der Waals surface area contributed by atoms with Crippen LogP contribution in [0.25, 0.3) is 0 Å². The maximum absolute atomic E-state index is 13.4. The van der Waals surface area contributed by atoms with Crippen molar-refractivity contribution < 1.29 is 68.6 Å². The Morgan fingerprint density at radius 2 is 1.02 bits per heavy atom. The van der Waals surface area contributed by atoms with Crippen LogP contribution in [0.15, 0.2) is 0 Å². The summed E-state index contributed by atoms with van der Waals surface area (Å²) < 4.78 is 96.1. The van der Waals surface area contributed by atoms with Crippen molar-refractivity contribution in [3.05, 3.63) is 0 Å². The Hall–Kier alpha value is -2.46. The van der Waals surface area contributed by atoms with E-state index in [1.165, 1.54) is 83.1 Å². The first-order valence-corrected chi connectivity index (χ1v) is 14.8. The van der Waals surface area contributed by atoms with Gasteiger partial charge >= 0.3 is 39.5 Å². The number of carbonyl (C=O) groups is 4. The van der Waals surface area contributed by atoms with Crippen molar-refractivity contribution in [3.8, 4) is 0 Å². The third-order valence-corrected chi connectivity index (χ3v) is 6.71. The summed E-state index contributed by atoms with van der Waals surface area (Å²) in [6.07, 6.45) is -9.93. The first-order chi connectivity index (χ1) is 18.9. The van der Waals surface area contributed by atoms with Crippen LogP contribution in [0.1, 0.15) is 83.1 Å². The Bertz CT molecular complexity index is 1150. The van der Waals surface area contributed by atoms with Crippen molar-refractivity contribution in [1.82, 2.24) is 0 Å². The number of hydrogen-bond acceptors (Lipinski definition) is 12. The van der Waals surface area contributed by atoms with E-state index in [9.17, 15) is 40.8 Å². The SMILES string of the molecule is CC(C)(C)C(=O)OC[C@H](OS(=O)(=O)C(F)(F)F)[C@@H]1O[C@@H](OC(=O)C(C)(C)C)[C@H](OC(=O)C(C)(C)C)[C@H]1OC(=O)C(C)(C)C. The lowest BCUT2D eigenvalue weighted by Gasteiger charge is -2.31. The Morgan fingerprint density at radius 1 is 0.651 bits per heavy atom. The summed E-state index contributed by atoms with van der Waals surface area (Å²) in [4.78, 5) is 51.2. The molecule has 250 valence electrons. The summed E-state index contributed by atoms with van der Waals surface area (Å²) >= 11 is 0. The molecule has 0 aliphatic carbocycles. The van der Waals surface area contributed by atoms with Crippen LogP contribution >= 0.6 is 0 Å². The molecule has 43 heavy (non-hydrogen) atoms. The fourth-order valence-electron chi connectivity index (χ4n) is 2.95. The van der Waals surface area contributed by atoms with Gasteiger partial charge in [-0.25, -0.2) is 0 Å². The molecular weight excluding hydrogens is 605 g/mol. The second kappa shape index (κ2) is 12.9. The zero-order valence-corrected chi connectivity index (χ0v) is 27.4. The standard InChI is InChI=1S/C27H43F3O12S/c1-23(2,3)19(31)37-13-14(42-43(35,36)27(28,29)30)15-16(39-20(32)24(4,5)6)17(40-21(33)25(7,8)9)18(38-15)41-22(34)26(10,11)12/h14-18H,13H2,1-12H3/t14-,15-,16-,17+,18-/m0/s1. The largest absolute Gasteiger partial charge is 0.523 e. The Balaban J connectivity index is 3.82. The smallest absolute Gasteiger partial charge is 0.462 e. The average molecular weight is 649 g/mol. The second-order valence-corrected chi connectivity index (χ2v) is 15.8. The van der Waals surface area contributed by atoms with E-state index >= 15 is 0 Å². The predicted molar refractivity (Wildman–Crippen MR) is 143 cm³/mol. The second-order valence-electron chi connectivity index (χ2n) is 14.2. The lowest BCUT2D eigenvalue weighted by atomic mass is 9.95. The highest BCUT2D eigenvalue weighted by Gasteiger charge is 2.59. The van der Waals surface area contributed by atoms with Crippen molar-refractivity contribution in [2.75, 3.05) is 6.61 Å². The van der Waals surface area contributed by atoms with Gasteiger partial charge in [0.2, 0.25) is 12.4 Å². The van der Waals surface area contributed by atoms with Crippen molar-refractivity contribution >= 4 is 34.0 Å². The summed E-state index contributed by atoms with van der Waals surface area (Å²) in [6, 6.07) is 0. The van der Waals surface area contributed by atoms with Crippen molar-refractivity contribution in [2.45, 2.75) is 119 Å². The Kier molecular flexibility index (Phi) is 11.5. The van der Waals surface area contributed by atoms with E-state index in [0.29, 0.717) is 0 Å². The maximum Gasteiger partial charge on any atom is 0.523 e. The van der Waals surface area contributed by atoms with E-state index in [0.717, 1.165) is 0 Å². The molecule has 0 bridgehead atoms. The van der Waals surface area contributed by atoms with E-state index in [1.807, 2.05) is 0 Å². The number of hydrogen-bond donors (Lipinski definition) is 0. The number of esters is 4. The van der Waals surface area contributed by atoms with Gasteiger partial charge in [-0.3, -0.25) is 23.4 Å². The van der Waals surface area contributed by atoms with Crippen molar-refractivity contribution in [1.29, 1.82) is 0 Å². The monoisotopic (exact) mass is 648 g/mol. The highest BCUT2D eigenvalue weighted by molar-refractivity contribution is 7.87. The van der Waals surface area contributed by atoms with Crippen LogP contribution in [0.5, 0.6) is 0 Å². The quantitative estimate of drug-likeness (QED) is 0.161. The Morgan fingerprint density at radius 3 is 1.40 bits per heavy atom. The van der Waals surface area contributed by atoms with Crippen LogP contribution in [0.4, 0.5) is 13.2 Å². The maximum atomic E-state index is 13.4. The van der Waals surface area contributed by atoms with Gasteiger partial charge in [-0.15, -0.1) is 0 Å². The molecule has 12 nitrogen and oxygen atoms in total. The lowest BCUT2D eigenvalue weighted by molar-refractivity contribution is -0.210. The normalized spacial score (nSPS) is 22.9. The van der Waals surface area contributed by atoms with Gasteiger partial charge in [0, 0.05) is 0 Å². The number of halogens is 3. The van der Waals surface area contributed by atoms with E-state index < -0.39 is 98.5 Å². The lowest BCUT2D eigenvalue weighted by Crippen LogP contribution is -2.50. The molecule has 0 saturated carbocycles. The highest BCUT2D eigenvalue weighted by Crippen LogP contribution is 2.37. The topological polar surface area (TPSA) is 158 Å². The molecule has 1 rings (SSSR count). The summed E-state index contributed by atoms with van der Waals surface area (Å²) in [5.41, 5.74) is -10.6. The van der Waals surface area contributed by atoms with Gasteiger partial charge in [-0.1, -0.05) is 0 Å². The molecule has 0 amide bonds. The minimum atomic E-state index is -6.35. The molecule has 5 atom stereocenters. The van der Waals surface area contributed by atoms with Crippen LogP contribution in [0.3, 0.4) is 0 Å². The number of alkyl halides is 3. The van der Waals surface area contributed by atoms with Crippen molar-refractivity contribution in [2.24, 2.45) is 21.7 Å². The molecule has 0 aromatic heterocycles. The van der Waals surface area contributed by atoms with E-state index in [4.69, 9.17) is 23.7 Å². The highest BCUT2D eigenvalue weighted by atomic mass is 32.2. The van der Waals surface area contributed by atoms with Crippen molar-refractivity contribution in [3.63, 3.8) is 0 Å². The van der Waals surface area contributed by atoms with E-state index in [-0.39, 0.29) is 0 Å². The molecule has 1 aliphatic rings. The number of carbonyl (C=O) groups excluding carboxylic acids is 4. The molecule has 1 fully saturated rings. The Labute approximate surface area is 250 Å². The van der Waals surface area contributed by atoms with Gasteiger partial charge in [0.25, 0.3) is 0 Å². The molecule has 16 heteroatoms. The number of ether oxygens (including phenoxy) is 5. The molecule has 0 N–H and O–H groups in total. The molecule has 0 aromatic carbocycles. The fraction of sp³-hybridized carbons (Fsp3) is 0.852. The predicted octanol–water partition coefficient (Wildman–Crippen LogP) is 4.04. The molecule has 0 aromatic rings. The zero-order chi connectivity index (χ0) is 34.1. The molecule has 0 radical (unpaired) electrons. The summed E-state index contributed by atoms with van der Waals surface area (Å²) in [7, 11) is -6.35. The van der Waals surface area contributed by atoms with Crippen LogP contribution < -0.4 is 0 Å². The van der Waals surface area contributed by atoms with E-state index in [2.05, 4.69) is 4.18 Å². The van der Waals surface area contributed by atoms with E-state index in [1.54, 1.807) is 0 Å². The van der Waals surface area contributed by atoms with Gasteiger partial charge in [-0.2, -0.15) is 21.6 Å².